The van der Waals surface area contributed by atoms with Crippen LogP contribution in [0.25, 0.3) is 10.8 Å². The number of benzene rings is 3. The van der Waals surface area contributed by atoms with Gasteiger partial charge in [-0.15, -0.1) is 0 Å². The van der Waals surface area contributed by atoms with Gasteiger partial charge in [0.15, 0.2) is 0 Å². The number of anilines is 1. The van der Waals surface area contributed by atoms with Gasteiger partial charge in [0.1, 0.15) is 11.6 Å². The van der Waals surface area contributed by atoms with Gasteiger partial charge in [-0.1, -0.05) is 36.0 Å². The van der Waals surface area contributed by atoms with E-state index in [-0.39, 0.29) is 5.82 Å². The van der Waals surface area contributed by atoms with Gasteiger partial charge in [-0.25, -0.2) is 4.39 Å². The largest absolute Gasteiger partial charge is 0.495 e. The molecule has 0 amide bonds. The molecule has 0 radical (unpaired) electrons. The average Bonchev–Trinajstić information content (AvgIpc) is 2.71. The Kier molecular flexibility index (Phi) is 5.00. The predicted octanol–water partition coefficient (Wildman–Crippen LogP) is 4.55. The molecule has 5 heteroatoms. The Labute approximate surface area is 157 Å². The van der Waals surface area contributed by atoms with Gasteiger partial charge in [-0.2, -0.15) is 0 Å². The molecule has 0 spiro atoms. The highest BCUT2D eigenvalue weighted by atomic mass is 32.2. The van der Waals surface area contributed by atoms with E-state index in [4.69, 9.17) is 4.74 Å². The van der Waals surface area contributed by atoms with Crippen LogP contribution >= 0.6 is 11.8 Å². The fraction of sp³-hybridized carbons (Fsp3) is 0.238. The zero-order chi connectivity index (χ0) is 17.9. The molecule has 0 saturated carbocycles. The van der Waals surface area contributed by atoms with Crippen molar-refractivity contribution in [1.29, 1.82) is 0 Å². The second-order valence-corrected chi connectivity index (χ2v) is 7.38. The number of hydrogen-bond acceptors (Lipinski definition) is 4. The third-order valence-electron chi connectivity index (χ3n) is 4.67. The topological polar surface area (TPSA) is 24.5 Å². The SMILES string of the molecule is COc1ccc(Sc2ccc(F)c3ccccc23)cc1N1CCNCC1. The van der Waals surface area contributed by atoms with Crippen LogP contribution in [-0.4, -0.2) is 33.3 Å². The van der Waals surface area contributed by atoms with E-state index in [2.05, 4.69) is 22.3 Å². The molecule has 3 aromatic rings. The Hall–Kier alpha value is -2.24. The van der Waals surface area contributed by atoms with E-state index in [1.807, 2.05) is 36.4 Å². The summed E-state index contributed by atoms with van der Waals surface area (Å²) in [5, 5.41) is 4.98. The number of halogens is 1. The summed E-state index contributed by atoms with van der Waals surface area (Å²) in [4.78, 5) is 4.52. The van der Waals surface area contributed by atoms with Crippen LogP contribution in [0, 0.1) is 5.82 Å². The maximum Gasteiger partial charge on any atom is 0.142 e. The maximum absolute atomic E-state index is 14.1. The zero-order valence-corrected chi connectivity index (χ0v) is 15.5. The molecule has 1 N–H and O–H groups in total. The molecule has 0 aliphatic carbocycles. The molecule has 0 aromatic heterocycles. The van der Waals surface area contributed by atoms with E-state index in [0.29, 0.717) is 5.39 Å². The number of ether oxygens (including phenoxy) is 1. The van der Waals surface area contributed by atoms with Gasteiger partial charge < -0.3 is 15.0 Å². The lowest BCUT2D eigenvalue weighted by Crippen LogP contribution is -2.43. The fourth-order valence-corrected chi connectivity index (χ4v) is 4.32. The van der Waals surface area contributed by atoms with E-state index in [9.17, 15) is 4.39 Å². The van der Waals surface area contributed by atoms with Crippen LogP contribution in [0.1, 0.15) is 0 Å². The first kappa shape index (κ1) is 17.2. The van der Waals surface area contributed by atoms with Gasteiger partial charge in [0.25, 0.3) is 0 Å². The van der Waals surface area contributed by atoms with Crippen LogP contribution < -0.4 is 15.0 Å². The smallest absolute Gasteiger partial charge is 0.142 e. The summed E-state index contributed by atoms with van der Waals surface area (Å²) in [6, 6.07) is 17.3. The number of piperazine rings is 1. The van der Waals surface area contributed by atoms with Crippen molar-refractivity contribution in [3.63, 3.8) is 0 Å². The highest BCUT2D eigenvalue weighted by Gasteiger charge is 2.16. The number of rotatable bonds is 4. The molecule has 1 fully saturated rings. The summed E-state index contributed by atoms with van der Waals surface area (Å²) in [6.45, 7) is 3.88. The Bertz CT molecular complexity index is 925. The van der Waals surface area contributed by atoms with Gasteiger partial charge in [0, 0.05) is 41.4 Å². The van der Waals surface area contributed by atoms with Crippen molar-refractivity contribution in [3.8, 4) is 5.75 Å². The molecule has 4 rings (SSSR count). The molecule has 1 aliphatic heterocycles. The molecule has 3 nitrogen and oxygen atoms in total. The molecule has 0 bridgehead atoms. The highest BCUT2D eigenvalue weighted by Crippen LogP contribution is 2.39. The molecule has 3 aromatic carbocycles. The molecule has 134 valence electrons. The van der Waals surface area contributed by atoms with Gasteiger partial charge in [0.2, 0.25) is 0 Å². The molecular weight excluding hydrogens is 347 g/mol. The normalized spacial score (nSPS) is 14.6. The summed E-state index contributed by atoms with van der Waals surface area (Å²) >= 11 is 1.66. The van der Waals surface area contributed by atoms with Crippen LogP contribution in [0.5, 0.6) is 5.75 Å². The van der Waals surface area contributed by atoms with Gasteiger partial charge >= 0.3 is 0 Å². The number of nitrogens with one attached hydrogen (secondary N) is 1. The predicted molar refractivity (Wildman–Crippen MR) is 106 cm³/mol. The lowest BCUT2D eigenvalue weighted by atomic mass is 10.1. The quantitative estimate of drug-likeness (QED) is 0.730. The van der Waals surface area contributed by atoms with Crippen LogP contribution in [0.15, 0.2) is 64.4 Å². The Morgan fingerprint density at radius 2 is 1.77 bits per heavy atom. The van der Waals surface area contributed by atoms with Gasteiger partial charge in [-0.3, -0.25) is 0 Å². The Balaban J connectivity index is 1.70. The monoisotopic (exact) mass is 368 g/mol. The zero-order valence-electron chi connectivity index (χ0n) is 14.7. The van der Waals surface area contributed by atoms with Gasteiger partial charge in [-0.05, 0) is 35.7 Å². The first-order valence-corrected chi connectivity index (χ1v) is 9.57. The van der Waals surface area contributed by atoms with Crippen molar-refractivity contribution >= 4 is 28.2 Å². The molecule has 1 heterocycles. The lowest BCUT2D eigenvalue weighted by molar-refractivity contribution is 0.412. The van der Waals surface area contributed by atoms with Crippen LogP contribution in [0.2, 0.25) is 0 Å². The van der Waals surface area contributed by atoms with E-state index >= 15 is 0 Å². The number of methoxy groups -OCH3 is 1. The Morgan fingerprint density at radius 1 is 1.00 bits per heavy atom. The van der Waals surface area contributed by atoms with Crippen LogP contribution in [-0.2, 0) is 0 Å². The average molecular weight is 368 g/mol. The summed E-state index contributed by atoms with van der Waals surface area (Å²) in [5.74, 6) is 0.710. The van der Waals surface area contributed by atoms with Crippen molar-refractivity contribution in [2.24, 2.45) is 0 Å². The number of fused-ring (bicyclic) bond motifs is 1. The minimum Gasteiger partial charge on any atom is -0.495 e. The van der Waals surface area contributed by atoms with E-state index in [1.165, 1.54) is 0 Å². The molecular formula is C21H21FN2OS. The molecule has 0 unspecified atom stereocenters. The fourth-order valence-electron chi connectivity index (χ4n) is 3.34. The van der Waals surface area contributed by atoms with Crippen LogP contribution in [0.4, 0.5) is 10.1 Å². The standard InChI is InChI=1S/C21H21FN2OS/c1-25-20-8-6-15(14-19(20)24-12-10-23-11-13-24)26-21-9-7-18(22)16-4-2-3-5-17(16)21/h2-9,14,23H,10-13H2,1H3. The van der Waals surface area contributed by atoms with Crippen LogP contribution in [0.3, 0.4) is 0 Å². The minimum absolute atomic E-state index is 0.179. The minimum atomic E-state index is -0.179. The number of nitrogens with zero attached hydrogens (tertiary/aromatic N) is 1. The second kappa shape index (κ2) is 7.56. The summed E-state index contributed by atoms with van der Waals surface area (Å²) in [6.07, 6.45) is 0. The maximum atomic E-state index is 14.1. The molecule has 0 atom stereocenters. The van der Waals surface area contributed by atoms with E-state index in [1.54, 1.807) is 24.9 Å². The summed E-state index contributed by atoms with van der Waals surface area (Å²) < 4.78 is 19.6. The number of hydrogen-bond donors (Lipinski definition) is 1. The lowest BCUT2D eigenvalue weighted by Gasteiger charge is -2.30. The van der Waals surface area contributed by atoms with E-state index < -0.39 is 0 Å². The second-order valence-electron chi connectivity index (χ2n) is 6.26. The van der Waals surface area contributed by atoms with Crippen molar-refractivity contribution in [2.45, 2.75) is 9.79 Å². The highest BCUT2D eigenvalue weighted by molar-refractivity contribution is 7.99. The Morgan fingerprint density at radius 3 is 2.54 bits per heavy atom. The third kappa shape index (κ3) is 3.37. The van der Waals surface area contributed by atoms with Crippen molar-refractivity contribution in [3.05, 3.63) is 60.4 Å². The van der Waals surface area contributed by atoms with Crippen molar-refractivity contribution in [1.82, 2.24) is 5.32 Å². The third-order valence-corrected chi connectivity index (χ3v) is 5.73. The van der Waals surface area contributed by atoms with E-state index in [0.717, 1.165) is 52.8 Å². The van der Waals surface area contributed by atoms with Crippen molar-refractivity contribution < 1.29 is 9.13 Å². The first-order chi connectivity index (χ1) is 12.8. The first-order valence-electron chi connectivity index (χ1n) is 8.75. The summed E-state index contributed by atoms with van der Waals surface area (Å²) in [5.41, 5.74) is 1.12. The molecule has 1 saturated heterocycles. The van der Waals surface area contributed by atoms with Gasteiger partial charge in [0.05, 0.1) is 12.8 Å². The molecule has 26 heavy (non-hydrogen) atoms. The van der Waals surface area contributed by atoms with Crippen molar-refractivity contribution in [2.75, 3.05) is 38.2 Å². The molecule has 1 aliphatic rings. The summed E-state index contributed by atoms with van der Waals surface area (Å²) in [7, 11) is 1.71.